The number of ether oxygens (including phenoxy) is 2. The van der Waals surface area contributed by atoms with Gasteiger partial charge in [-0.05, 0) is 37.3 Å². The number of thiazole rings is 1. The number of hydrogen-bond acceptors (Lipinski definition) is 6. The Morgan fingerprint density at radius 2 is 2.23 bits per heavy atom. The average molecular weight is 333 g/mol. The number of rotatable bonds is 2. The summed E-state index contributed by atoms with van der Waals surface area (Å²) in [5.41, 5.74) is 1.21. The second-order valence-electron chi connectivity index (χ2n) is 4.75. The van der Waals surface area contributed by atoms with Crippen LogP contribution in [0.4, 0.5) is 0 Å². The molecule has 0 fully saturated rings. The van der Waals surface area contributed by atoms with Crippen molar-refractivity contribution in [3.05, 3.63) is 32.5 Å². The molecule has 8 heteroatoms. The minimum atomic E-state index is -0.180. The van der Waals surface area contributed by atoms with Crippen LogP contribution in [0.25, 0.3) is 21.7 Å². The molecule has 1 N–H and O–H groups in total. The lowest BCUT2D eigenvalue weighted by Gasteiger charge is -2.04. The van der Waals surface area contributed by atoms with Crippen LogP contribution in [0.2, 0.25) is 0 Å². The average Bonchev–Trinajstić information content (AvgIpc) is 3.10. The Morgan fingerprint density at radius 1 is 1.41 bits per heavy atom. The van der Waals surface area contributed by atoms with Crippen LogP contribution in [-0.4, -0.2) is 21.3 Å². The van der Waals surface area contributed by atoms with E-state index in [-0.39, 0.29) is 12.4 Å². The Morgan fingerprint density at radius 3 is 3.05 bits per heavy atom. The van der Waals surface area contributed by atoms with Crippen LogP contribution in [0, 0.1) is 3.95 Å². The summed E-state index contributed by atoms with van der Waals surface area (Å²) in [5, 5.41) is 0. The Balaban J connectivity index is 1.96. The van der Waals surface area contributed by atoms with E-state index in [0.29, 0.717) is 38.2 Å². The Kier molecular flexibility index (Phi) is 3.02. The third kappa shape index (κ3) is 1.95. The van der Waals surface area contributed by atoms with Gasteiger partial charge >= 0.3 is 0 Å². The van der Waals surface area contributed by atoms with Gasteiger partial charge in [0.1, 0.15) is 10.5 Å². The van der Waals surface area contributed by atoms with Gasteiger partial charge in [-0.25, -0.2) is 4.98 Å². The fourth-order valence-electron chi connectivity index (χ4n) is 2.41. The fourth-order valence-corrected chi connectivity index (χ4v) is 3.77. The maximum absolute atomic E-state index is 12.3. The van der Waals surface area contributed by atoms with Gasteiger partial charge in [-0.3, -0.25) is 4.79 Å². The number of fused-ring (bicyclic) bond motifs is 2. The molecule has 0 saturated carbocycles. The lowest BCUT2D eigenvalue weighted by Crippen LogP contribution is -2.09. The first-order valence-electron chi connectivity index (χ1n) is 6.71. The molecule has 0 atom stereocenters. The Bertz CT molecular complexity index is 1000. The minimum absolute atomic E-state index is 0.180. The summed E-state index contributed by atoms with van der Waals surface area (Å²) in [6.07, 6.45) is 0. The number of nitrogens with zero attached hydrogens (tertiary/aromatic N) is 2. The minimum Gasteiger partial charge on any atom is -0.454 e. The van der Waals surface area contributed by atoms with E-state index in [4.69, 9.17) is 21.7 Å². The lowest BCUT2D eigenvalue weighted by molar-refractivity contribution is 0.174. The molecule has 3 heterocycles. The van der Waals surface area contributed by atoms with Crippen molar-refractivity contribution in [2.45, 2.75) is 13.5 Å². The highest BCUT2D eigenvalue weighted by molar-refractivity contribution is 7.73. The summed E-state index contributed by atoms with van der Waals surface area (Å²) in [7, 11) is 0. The number of aryl methyl sites for hydroxylation is 1. The van der Waals surface area contributed by atoms with Crippen LogP contribution < -0.4 is 15.0 Å². The molecule has 1 aliphatic heterocycles. The quantitative estimate of drug-likeness (QED) is 0.730. The van der Waals surface area contributed by atoms with Crippen molar-refractivity contribution in [3.63, 3.8) is 0 Å². The molecular formula is C14H11N3O3S2. The van der Waals surface area contributed by atoms with Gasteiger partial charge in [0.05, 0.1) is 0 Å². The maximum Gasteiger partial charge on any atom is 0.270 e. The van der Waals surface area contributed by atoms with E-state index in [9.17, 15) is 4.79 Å². The van der Waals surface area contributed by atoms with Crippen LogP contribution in [-0.2, 0) is 6.54 Å². The van der Waals surface area contributed by atoms with Crippen molar-refractivity contribution in [2.75, 3.05) is 6.79 Å². The van der Waals surface area contributed by atoms with Crippen LogP contribution in [0.15, 0.2) is 23.0 Å². The smallest absolute Gasteiger partial charge is 0.270 e. The molecular weight excluding hydrogens is 322 g/mol. The number of H-pyrrole nitrogens is 1. The van der Waals surface area contributed by atoms with E-state index in [1.165, 1.54) is 11.3 Å². The molecule has 3 aromatic rings. The summed E-state index contributed by atoms with van der Waals surface area (Å²) in [6, 6.07) is 5.46. The van der Waals surface area contributed by atoms with E-state index in [0.717, 1.165) is 5.56 Å². The number of aromatic nitrogens is 3. The van der Waals surface area contributed by atoms with Crippen LogP contribution in [0.3, 0.4) is 0 Å². The standard InChI is InChI=1S/C14H11N3O3S2/c1-2-17-12-10(22-14(17)21)13(18)16-11(15-12)7-3-4-8-9(5-7)20-6-19-8/h3-5H,2,6H2,1H3,(H,15,16,18). The first-order chi connectivity index (χ1) is 10.7. The van der Waals surface area contributed by atoms with Gasteiger partial charge in [-0.1, -0.05) is 11.3 Å². The van der Waals surface area contributed by atoms with Crippen molar-refractivity contribution in [1.29, 1.82) is 0 Å². The zero-order chi connectivity index (χ0) is 15.3. The van der Waals surface area contributed by atoms with Crippen LogP contribution in [0.1, 0.15) is 6.92 Å². The van der Waals surface area contributed by atoms with E-state index in [1.54, 1.807) is 0 Å². The van der Waals surface area contributed by atoms with Gasteiger partial charge in [0.25, 0.3) is 5.56 Å². The summed E-state index contributed by atoms with van der Waals surface area (Å²) < 4.78 is 13.7. The molecule has 22 heavy (non-hydrogen) atoms. The SMILES string of the molecule is CCn1c(=S)sc2c(=O)[nH]c(-c3ccc4c(c3)OCO4)nc21. The van der Waals surface area contributed by atoms with Gasteiger partial charge < -0.3 is 19.0 Å². The summed E-state index contributed by atoms with van der Waals surface area (Å²) in [6.45, 7) is 2.86. The lowest BCUT2D eigenvalue weighted by atomic mass is 10.2. The first-order valence-corrected chi connectivity index (χ1v) is 7.93. The van der Waals surface area contributed by atoms with Gasteiger partial charge in [0.2, 0.25) is 6.79 Å². The number of nitrogens with one attached hydrogen (secondary N) is 1. The molecule has 0 spiro atoms. The zero-order valence-electron chi connectivity index (χ0n) is 11.6. The van der Waals surface area contributed by atoms with Crippen molar-refractivity contribution in [2.24, 2.45) is 0 Å². The van der Waals surface area contributed by atoms with Crippen molar-refractivity contribution < 1.29 is 9.47 Å². The fraction of sp³-hybridized carbons (Fsp3) is 0.214. The normalized spacial score (nSPS) is 13.0. The topological polar surface area (TPSA) is 69.1 Å². The van der Waals surface area contributed by atoms with Crippen LogP contribution >= 0.6 is 23.6 Å². The highest BCUT2D eigenvalue weighted by Gasteiger charge is 2.16. The van der Waals surface area contributed by atoms with E-state index >= 15 is 0 Å². The van der Waals surface area contributed by atoms with Gasteiger partial charge in [0.15, 0.2) is 21.1 Å². The maximum atomic E-state index is 12.3. The van der Waals surface area contributed by atoms with Crippen molar-refractivity contribution in [3.8, 4) is 22.9 Å². The number of hydrogen-bond donors (Lipinski definition) is 1. The molecule has 112 valence electrons. The van der Waals surface area contributed by atoms with Crippen molar-refractivity contribution >= 4 is 33.9 Å². The van der Waals surface area contributed by atoms with Gasteiger partial charge in [-0.15, -0.1) is 0 Å². The highest BCUT2D eigenvalue weighted by atomic mass is 32.1. The molecule has 0 amide bonds. The number of benzene rings is 1. The molecule has 0 unspecified atom stereocenters. The van der Waals surface area contributed by atoms with E-state index in [1.807, 2.05) is 29.7 Å². The van der Waals surface area contributed by atoms with Gasteiger partial charge in [-0.2, -0.15) is 0 Å². The van der Waals surface area contributed by atoms with E-state index in [2.05, 4.69) is 9.97 Å². The molecule has 0 saturated heterocycles. The van der Waals surface area contributed by atoms with Gasteiger partial charge in [0, 0.05) is 12.1 Å². The largest absolute Gasteiger partial charge is 0.454 e. The third-order valence-electron chi connectivity index (χ3n) is 3.49. The molecule has 1 aromatic carbocycles. The second-order valence-corrected chi connectivity index (χ2v) is 6.39. The molecule has 1 aliphatic rings. The van der Waals surface area contributed by atoms with E-state index < -0.39 is 0 Å². The predicted molar refractivity (Wildman–Crippen MR) is 86.3 cm³/mol. The predicted octanol–water partition coefficient (Wildman–Crippen LogP) is 2.93. The zero-order valence-corrected chi connectivity index (χ0v) is 13.2. The van der Waals surface area contributed by atoms with Crippen LogP contribution in [0.5, 0.6) is 11.5 Å². The Hall–Kier alpha value is -2.19. The monoisotopic (exact) mass is 333 g/mol. The molecule has 4 rings (SSSR count). The summed E-state index contributed by atoms with van der Waals surface area (Å²) in [4.78, 5) is 19.7. The highest BCUT2D eigenvalue weighted by Crippen LogP contribution is 2.35. The number of aromatic amines is 1. The summed E-state index contributed by atoms with van der Waals surface area (Å²) >= 11 is 6.57. The first kappa shape index (κ1) is 13.5. The molecule has 0 radical (unpaired) electrons. The molecule has 0 aliphatic carbocycles. The Labute approximate surface area is 134 Å². The summed E-state index contributed by atoms with van der Waals surface area (Å²) in [5.74, 6) is 1.84. The molecule has 0 bridgehead atoms. The second kappa shape index (κ2) is 4.92. The van der Waals surface area contributed by atoms with Crippen molar-refractivity contribution in [1.82, 2.24) is 14.5 Å². The molecule has 2 aromatic heterocycles. The molecule has 6 nitrogen and oxygen atoms in total. The third-order valence-corrected chi connectivity index (χ3v) is 4.92.